The lowest BCUT2D eigenvalue weighted by Crippen LogP contribution is -2.49. The normalized spacial score (nSPS) is 28.1. The zero-order valence-corrected chi connectivity index (χ0v) is 22.2. The molecule has 4 aliphatic rings. The van der Waals surface area contributed by atoms with Crippen LogP contribution in [0.1, 0.15) is 72.6 Å². The average molecular weight is 495 g/mol. The molecule has 0 aliphatic heterocycles. The van der Waals surface area contributed by atoms with E-state index in [0.29, 0.717) is 43.4 Å². The number of nitrogens with one attached hydrogen (secondary N) is 1. The summed E-state index contributed by atoms with van der Waals surface area (Å²) >= 11 is 1.39. The van der Waals surface area contributed by atoms with Gasteiger partial charge in [0.25, 0.3) is 0 Å². The van der Waals surface area contributed by atoms with E-state index < -0.39 is 11.2 Å². The van der Waals surface area contributed by atoms with Crippen molar-refractivity contribution in [1.82, 2.24) is 9.88 Å². The maximum Gasteiger partial charge on any atom is 0.222 e. The third-order valence-corrected chi connectivity index (χ3v) is 8.91. The van der Waals surface area contributed by atoms with Gasteiger partial charge in [-0.2, -0.15) is 0 Å². The number of thioether (sulfide) groups is 1. The standard InChI is InChI=1S/C26H42N2O5S/c1-24(2,7-9-33-25(3,4)16-28-22(30)13-20(34-5)23(28)31)32-8-6-21(29)27-26-14-17-10-18(15-26)12-19(26)11-17/h13,17-19,30-31H,6-12,14-16H2,1-5H3,(H,27,29). The molecule has 4 saturated carbocycles. The van der Waals surface area contributed by atoms with Crippen molar-refractivity contribution in [2.75, 3.05) is 19.5 Å². The van der Waals surface area contributed by atoms with E-state index in [2.05, 4.69) is 5.32 Å². The molecule has 34 heavy (non-hydrogen) atoms. The summed E-state index contributed by atoms with van der Waals surface area (Å²) in [6.45, 7) is 9.11. The minimum Gasteiger partial charge on any atom is -0.494 e. The van der Waals surface area contributed by atoms with E-state index in [9.17, 15) is 15.0 Å². The fourth-order valence-corrected chi connectivity index (χ4v) is 7.16. The number of hydrogen-bond acceptors (Lipinski definition) is 6. The van der Waals surface area contributed by atoms with Gasteiger partial charge >= 0.3 is 0 Å². The maximum absolute atomic E-state index is 12.7. The Morgan fingerprint density at radius 3 is 2.38 bits per heavy atom. The molecular weight excluding hydrogens is 452 g/mol. The Bertz CT molecular complexity index is 882. The molecule has 4 aliphatic carbocycles. The number of carbonyl (C=O) groups is 1. The van der Waals surface area contributed by atoms with Crippen molar-refractivity contribution in [2.24, 2.45) is 17.8 Å². The molecule has 0 aromatic carbocycles. The molecule has 5 rings (SSSR count). The number of carbonyl (C=O) groups excluding carboxylic acids is 1. The van der Waals surface area contributed by atoms with E-state index in [-0.39, 0.29) is 23.2 Å². The Morgan fingerprint density at radius 1 is 1.12 bits per heavy atom. The SMILES string of the molecule is CSc1cc(O)n(CC(C)(C)OCCC(C)(C)OCCC(=O)NC23CC4CC(CC2C4)C3)c1O. The number of ether oxygens (including phenoxy) is 2. The van der Waals surface area contributed by atoms with Gasteiger partial charge in [0.2, 0.25) is 11.8 Å². The molecule has 8 heteroatoms. The first-order chi connectivity index (χ1) is 15.9. The third kappa shape index (κ3) is 5.54. The van der Waals surface area contributed by atoms with Crippen molar-refractivity contribution in [1.29, 1.82) is 0 Å². The first-order valence-corrected chi connectivity index (χ1v) is 13.9. The number of aromatic nitrogens is 1. The van der Waals surface area contributed by atoms with Crippen LogP contribution in [0.25, 0.3) is 0 Å². The molecule has 7 nitrogen and oxygen atoms in total. The smallest absolute Gasteiger partial charge is 0.222 e. The van der Waals surface area contributed by atoms with Crippen LogP contribution in [0, 0.1) is 17.8 Å². The zero-order chi connectivity index (χ0) is 24.7. The summed E-state index contributed by atoms with van der Waals surface area (Å²) in [6.07, 6.45) is 9.26. The molecule has 0 saturated heterocycles. The summed E-state index contributed by atoms with van der Waals surface area (Å²) in [6, 6.07) is 1.56. The van der Waals surface area contributed by atoms with Gasteiger partial charge < -0.3 is 25.0 Å². The van der Waals surface area contributed by atoms with Gasteiger partial charge in [-0.05, 0) is 90.2 Å². The molecule has 2 atom stereocenters. The minimum atomic E-state index is -0.585. The Balaban J connectivity index is 1.17. The van der Waals surface area contributed by atoms with Crippen LogP contribution in [-0.2, 0) is 20.8 Å². The molecular formula is C26H42N2O5S. The van der Waals surface area contributed by atoms with Crippen molar-refractivity contribution < 1.29 is 24.5 Å². The lowest BCUT2D eigenvalue weighted by atomic mass is 9.80. The van der Waals surface area contributed by atoms with Crippen LogP contribution in [0.4, 0.5) is 0 Å². The quantitative estimate of drug-likeness (QED) is 0.365. The predicted molar refractivity (Wildman–Crippen MR) is 133 cm³/mol. The second-order valence-corrected chi connectivity index (χ2v) is 12.8. The van der Waals surface area contributed by atoms with E-state index in [0.717, 1.165) is 11.8 Å². The molecule has 2 unspecified atom stereocenters. The van der Waals surface area contributed by atoms with E-state index in [1.807, 2.05) is 34.0 Å². The van der Waals surface area contributed by atoms with Gasteiger partial charge in [0.1, 0.15) is 0 Å². The molecule has 3 N–H and O–H groups in total. The number of nitrogens with zero attached hydrogens (tertiary/aromatic N) is 1. The van der Waals surface area contributed by atoms with Crippen molar-refractivity contribution in [3.63, 3.8) is 0 Å². The van der Waals surface area contributed by atoms with Crippen LogP contribution in [0.5, 0.6) is 11.8 Å². The number of aromatic hydroxyl groups is 2. The van der Waals surface area contributed by atoms with Crippen molar-refractivity contribution in [3.05, 3.63) is 6.07 Å². The Hall–Kier alpha value is -1.38. The molecule has 1 aromatic heterocycles. The van der Waals surface area contributed by atoms with Gasteiger partial charge in [-0.1, -0.05) is 0 Å². The van der Waals surface area contributed by atoms with Gasteiger partial charge in [0.05, 0.1) is 42.3 Å². The Labute approximate surface area is 208 Å². The predicted octanol–water partition coefficient (Wildman–Crippen LogP) is 4.69. The van der Waals surface area contributed by atoms with Crippen molar-refractivity contribution in [3.8, 4) is 11.8 Å². The summed E-state index contributed by atoms with van der Waals surface area (Å²) in [5.74, 6) is 2.56. The molecule has 192 valence electrons. The molecule has 1 amide bonds. The molecule has 0 spiro atoms. The van der Waals surface area contributed by atoms with Crippen LogP contribution in [0.3, 0.4) is 0 Å². The van der Waals surface area contributed by atoms with Crippen LogP contribution < -0.4 is 5.32 Å². The summed E-state index contributed by atoms with van der Waals surface area (Å²) in [7, 11) is 0. The summed E-state index contributed by atoms with van der Waals surface area (Å²) in [4.78, 5) is 13.3. The average Bonchev–Trinajstić information content (AvgIpc) is 3.23. The lowest BCUT2D eigenvalue weighted by molar-refractivity contribution is -0.126. The monoisotopic (exact) mass is 494 g/mol. The third-order valence-electron chi connectivity index (χ3n) is 8.17. The van der Waals surface area contributed by atoms with Crippen LogP contribution >= 0.6 is 11.8 Å². The molecule has 1 aromatic rings. The second-order valence-electron chi connectivity index (χ2n) is 11.9. The minimum absolute atomic E-state index is 0.0264. The second kappa shape index (κ2) is 9.58. The summed E-state index contributed by atoms with van der Waals surface area (Å²) in [5.41, 5.74) is -0.916. The number of amides is 1. The highest BCUT2D eigenvalue weighted by atomic mass is 32.2. The van der Waals surface area contributed by atoms with Crippen molar-refractivity contribution >= 4 is 17.7 Å². The molecule has 4 bridgehead atoms. The Kier molecular flexibility index (Phi) is 7.25. The van der Waals surface area contributed by atoms with Gasteiger partial charge in [-0.3, -0.25) is 9.36 Å². The van der Waals surface area contributed by atoms with Crippen LogP contribution in [-0.4, -0.2) is 56.9 Å². The van der Waals surface area contributed by atoms with Gasteiger partial charge in [0, 0.05) is 11.6 Å². The molecule has 0 radical (unpaired) electrons. The fourth-order valence-electron chi connectivity index (χ4n) is 6.64. The van der Waals surface area contributed by atoms with E-state index >= 15 is 0 Å². The zero-order valence-electron chi connectivity index (χ0n) is 21.4. The van der Waals surface area contributed by atoms with Gasteiger partial charge in [-0.25, -0.2) is 0 Å². The lowest BCUT2D eigenvalue weighted by Gasteiger charge is -2.34. The van der Waals surface area contributed by atoms with Crippen LogP contribution in [0.15, 0.2) is 11.0 Å². The molecule has 1 heterocycles. The van der Waals surface area contributed by atoms with Crippen LogP contribution in [0.2, 0.25) is 0 Å². The first-order valence-electron chi connectivity index (χ1n) is 12.7. The Morgan fingerprint density at radius 2 is 1.76 bits per heavy atom. The highest BCUT2D eigenvalue weighted by Gasteiger charge is 2.58. The van der Waals surface area contributed by atoms with Gasteiger partial charge in [0.15, 0.2) is 5.88 Å². The van der Waals surface area contributed by atoms with E-state index in [4.69, 9.17) is 9.47 Å². The highest BCUT2D eigenvalue weighted by molar-refractivity contribution is 7.98. The fraction of sp³-hybridized carbons (Fsp3) is 0.808. The summed E-state index contributed by atoms with van der Waals surface area (Å²) < 4.78 is 13.6. The maximum atomic E-state index is 12.7. The van der Waals surface area contributed by atoms with E-state index in [1.165, 1.54) is 48.4 Å². The molecule has 4 fully saturated rings. The number of hydrogen-bond donors (Lipinski definition) is 3. The number of rotatable bonds is 12. The largest absolute Gasteiger partial charge is 0.494 e. The topological polar surface area (TPSA) is 93.0 Å². The first kappa shape index (κ1) is 25.7. The van der Waals surface area contributed by atoms with Crippen molar-refractivity contribution in [2.45, 2.75) is 101 Å². The van der Waals surface area contributed by atoms with Gasteiger partial charge in [-0.15, -0.1) is 11.8 Å². The summed E-state index contributed by atoms with van der Waals surface area (Å²) in [5, 5.41) is 23.9. The van der Waals surface area contributed by atoms with E-state index in [1.54, 1.807) is 6.07 Å². The highest BCUT2D eigenvalue weighted by Crippen LogP contribution is 2.60.